The summed E-state index contributed by atoms with van der Waals surface area (Å²) in [6.45, 7) is 2.03. The highest BCUT2D eigenvalue weighted by atomic mass is 15.1. The molecule has 0 bridgehead atoms. The van der Waals surface area contributed by atoms with Gasteiger partial charge in [-0.3, -0.25) is 4.98 Å². The summed E-state index contributed by atoms with van der Waals surface area (Å²) in [4.78, 5) is 12.8. The number of pyridine rings is 1. The van der Waals surface area contributed by atoms with Gasteiger partial charge in [-0.1, -0.05) is 18.2 Å². The maximum absolute atomic E-state index is 4.59. The van der Waals surface area contributed by atoms with Crippen molar-refractivity contribution < 1.29 is 0 Å². The molecule has 2 aromatic heterocycles. The van der Waals surface area contributed by atoms with Gasteiger partial charge in [0, 0.05) is 17.8 Å². The van der Waals surface area contributed by atoms with Gasteiger partial charge in [0.2, 0.25) is 0 Å². The van der Waals surface area contributed by atoms with Crippen molar-refractivity contribution in [2.24, 2.45) is 0 Å². The first-order valence-corrected chi connectivity index (χ1v) is 5.72. The van der Waals surface area contributed by atoms with Crippen LogP contribution in [-0.4, -0.2) is 15.0 Å². The minimum Gasteiger partial charge on any atom is -0.323 e. The Balaban J connectivity index is 2.04. The van der Waals surface area contributed by atoms with Gasteiger partial charge in [-0.15, -0.1) is 0 Å². The van der Waals surface area contributed by atoms with Gasteiger partial charge in [0.05, 0.1) is 11.7 Å². The molecule has 0 aliphatic heterocycles. The Kier molecular flexibility index (Phi) is 2.61. The normalized spacial score (nSPS) is 10.5. The number of fused-ring (bicyclic) bond motifs is 1. The molecule has 0 saturated carbocycles. The van der Waals surface area contributed by atoms with E-state index in [1.54, 1.807) is 18.6 Å². The second kappa shape index (κ2) is 4.41. The third-order valence-corrected chi connectivity index (χ3v) is 2.72. The number of rotatable bonds is 2. The Morgan fingerprint density at radius 3 is 2.83 bits per heavy atom. The fourth-order valence-corrected chi connectivity index (χ4v) is 1.83. The summed E-state index contributed by atoms with van der Waals surface area (Å²) in [6.07, 6.45) is 4.97. The maximum Gasteiger partial charge on any atom is 0.150 e. The first-order valence-electron chi connectivity index (χ1n) is 5.72. The summed E-state index contributed by atoms with van der Waals surface area (Å²) in [6, 6.07) is 10.2. The van der Waals surface area contributed by atoms with Gasteiger partial charge in [-0.2, -0.15) is 0 Å². The smallest absolute Gasteiger partial charge is 0.150 e. The van der Waals surface area contributed by atoms with E-state index in [-0.39, 0.29) is 0 Å². The predicted molar refractivity (Wildman–Crippen MR) is 71.8 cm³/mol. The minimum atomic E-state index is 0.698. The van der Waals surface area contributed by atoms with Crippen LogP contribution in [0.2, 0.25) is 0 Å². The monoisotopic (exact) mass is 236 g/mol. The standard InChI is InChI=1S/C14H12N4/c1-10-8-11-4-2-3-5-12(11)17-14(10)18-13-9-15-6-7-16-13/h2-9H,1H3,(H,16,17,18). The van der Waals surface area contributed by atoms with E-state index < -0.39 is 0 Å². The molecular formula is C14H12N4. The Bertz CT molecular complexity index is 680. The number of hydrogen-bond acceptors (Lipinski definition) is 4. The van der Waals surface area contributed by atoms with Gasteiger partial charge in [0.25, 0.3) is 0 Å². The van der Waals surface area contributed by atoms with Crippen LogP contribution in [0.25, 0.3) is 10.9 Å². The van der Waals surface area contributed by atoms with Gasteiger partial charge in [-0.05, 0) is 24.6 Å². The molecule has 0 saturated heterocycles. The highest BCUT2D eigenvalue weighted by molar-refractivity contribution is 5.82. The van der Waals surface area contributed by atoms with E-state index >= 15 is 0 Å². The van der Waals surface area contributed by atoms with Crippen molar-refractivity contribution in [2.75, 3.05) is 5.32 Å². The van der Waals surface area contributed by atoms with Crippen LogP contribution >= 0.6 is 0 Å². The molecular weight excluding hydrogens is 224 g/mol. The number of anilines is 2. The fourth-order valence-electron chi connectivity index (χ4n) is 1.83. The molecule has 4 nitrogen and oxygen atoms in total. The predicted octanol–water partition coefficient (Wildman–Crippen LogP) is 3.08. The number of aryl methyl sites for hydroxylation is 1. The molecule has 0 aliphatic carbocycles. The van der Waals surface area contributed by atoms with Crippen LogP contribution in [0.4, 0.5) is 11.6 Å². The van der Waals surface area contributed by atoms with E-state index in [0.29, 0.717) is 5.82 Å². The average molecular weight is 236 g/mol. The Hall–Kier alpha value is -2.49. The number of aromatic nitrogens is 3. The van der Waals surface area contributed by atoms with Crippen LogP contribution in [0, 0.1) is 6.92 Å². The third-order valence-electron chi connectivity index (χ3n) is 2.72. The zero-order valence-corrected chi connectivity index (χ0v) is 9.96. The number of nitrogens with one attached hydrogen (secondary N) is 1. The molecule has 0 aliphatic rings. The molecule has 2 heterocycles. The van der Waals surface area contributed by atoms with Gasteiger partial charge in [-0.25, -0.2) is 9.97 Å². The van der Waals surface area contributed by atoms with Crippen LogP contribution in [0.1, 0.15) is 5.56 Å². The van der Waals surface area contributed by atoms with Crippen LogP contribution in [-0.2, 0) is 0 Å². The molecule has 0 amide bonds. The zero-order chi connectivity index (χ0) is 12.4. The second-order valence-electron chi connectivity index (χ2n) is 4.06. The molecule has 0 unspecified atom stereocenters. The van der Waals surface area contributed by atoms with Crippen LogP contribution in [0.5, 0.6) is 0 Å². The quantitative estimate of drug-likeness (QED) is 0.742. The Morgan fingerprint density at radius 1 is 1.11 bits per heavy atom. The second-order valence-corrected chi connectivity index (χ2v) is 4.06. The molecule has 0 atom stereocenters. The summed E-state index contributed by atoms with van der Waals surface area (Å²) in [5.41, 5.74) is 2.05. The number of hydrogen-bond donors (Lipinski definition) is 1. The summed E-state index contributed by atoms with van der Waals surface area (Å²) >= 11 is 0. The third kappa shape index (κ3) is 2.00. The summed E-state index contributed by atoms with van der Waals surface area (Å²) in [5, 5.41) is 4.32. The van der Waals surface area contributed by atoms with Crippen LogP contribution in [0.15, 0.2) is 48.9 Å². The molecule has 1 N–H and O–H groups in total. The molecule has 18 heavy (non-hydrogen) atoms. The van der Waals surface area contributed by atoms with Gasteiger partial charge in [0.15, 0.2) is 0 Å². The number of benzene rings is 1. The largest absolute Gasteiger partial charge is 0.323 e. The van der Waals surface area contributed by atoms with Crippen LogP contribution in [0.3, 0.4) is 0 Å². The summed E-state index contributed by atoms with van der Waals surface area (Å²) < 4.78 is 0. The summed E-state index contributed by atoms with van der Waals surface area (Å²) in [5.74, 6) is 1.51. The number of para-hydroxylation sites is 1. The van der Waals surface area contributed by atoms with E-state index in [2.05, 4.69) is 32.4 Å². The van der Waals surface area contributed by atoms with E-state index in [1.165, 1.54) is 0 Å². The lowest BCUT2D eigenvalue weighted by Gasteiger charge is -2.08. The lowest BCUT2D eigenvalue weighted by atomic mass is 10.1. The van der Waals surface area contributed by atoms with E-state index in [1.807, 2.05) is 25.1 Å². The van der Waals surface area contributed by atoms with Gasteiger partial charge < -0.3 is 5.32 Å². The molecule has 88 valence electrons. The Morgan fingerprint density at radius 2 is 2.00 bits per heavy atom. The highest BCUT2D eigenvalue weighted by Crippen LogP contribution is 2.21. The van der Waals surface area contributed by atoms with Crippen molar-refractivity contribution in [1.29, 1.82) is 0 Å². The van der Waals surface area contributed by atoms with Gasteiger partial charge >= 0.3 is 0 Å². The molecule has 0 spiro atoms. The van der Waals surface area contributed by atoms with Crippen molar-refractivity contribution in [3.63, 3.8) is 0 Å². The minimum absolute atomic E-state index is 0.698. The average Bonchev–Trinajstić information content (AvgIpc) is 2.41. The lowest BCUT2D eigenvalue weighted by molar-refractivity contribution is 1.18. The van der Waals surface area contributed by atoms with E-state index in [0.717, 1.165) is 22.3 Å². The molecule has 1 aromatic carbocycles. The topological polar surface area (TPSA) is 50.7 Å². The van der Waals surface area contributed by atoms with Crippen molar-refractivity contribution in [2.45, 2.75) is 6.92 Å². The fraction of sp³-hybridized carbons (Fsp3) is 0.0714. The van der Waals surface area contributed by atoms with Gasteiger partial charge in [0.1, 0.15) is 11.6 Å². The highest BCUT2D eigenvalue weighted by Gasteiger charge is 2.03. The number of nitrogens with zero attached hydrogens (tertiary/aromatic N) is 3. The van der Waals surface area contributed by atoms with E-state index in [9.17, 15) is 0 Å². The summed E-state index contributed by atoms with van der Waals surface area (Å²) in [7, 11) is 0. The lowest BCUT2D eigenvalue weighted by Crippen LogP contribution is -1.99. The molecule has 0 radical (unpaired) electrons. The first-order chi connectivity index (χ1) is 8.83. The molecule has 3 aromatic rings. The first kappa shape index (κ1) is 10.7. The van der Waals surface area contributed by atoms with Crippen molar-refractivity contribution in [1.82, 2.24) is 15.0 Å². The maximum atomic E-state index is 4.59. The Labute approximate surface area is 105 Å². The molecule has 3 rings (SSSR count). The SMILES string of the molecule is Cc1cc2ccccc2nc1Nc1cnccn1. The van der Waals surface area contributed by atoms with Crippen molar-refractivity contribution in [3.05, 3.63) is 54.5 Å². The van der Waals surface area contributed by atoms with Crippen LogP contribution < -0.4 is 5.32 Å². The molecule has 4 heteroatoms. The zero-order valence-electron chi connectivity index (χ0n) is 9.96. The van der Waals surface area contributed by atoms with Crippen molar-refractivity contribution in [3.8, 4) is 0 Å². The van der Waals surface area contributed by atoms with E-state index in [4.69, 9.17) is 0 Å². The van der Waals surface area contributed by atoms with Crippen molar-refractivity contribution >= 4 is 22.5 Å². The molecule has 0 fully saturated rings.